The summed E-state index contributed by atoms with van der Waals surface area (Å²) in [6.45, 7) is -0.0119. The van der Waals surface area contributed by atoms with Crippen LogP contribution in [0.5, 0.6) is 0 Å². The molecule has 2 N–H and O–H groups in total. The van der Waals surface area contributed by atoms with Crippen LogP contribution in [0.2, 0.25) is 0 Å². The van der Waals surface area contributed by atoms with Crippen LogP contribution in [0.15, 0.2) is 59.8 Å². The van der Waals surface area contributed by atoms with Crippen LogP contribution in [0.1, 0.15) is 31.2 Å². The van der Waals surface area contributed by atoms with Gasteiger partial charge < -0.3 is 4.74 Å². The van der Waals surface area contributed by atoms with Crippen molar-refractivity contribution in [3.63, 3.8) is 0 Å². The van der Waals surface area contributed by atoms with Gasteiger partial charge in [-0.1, -0.05) is 18.2 Å². The normalized spacial score (nSPS) is 20.6. The van der Waals surface area contributed by atoms with Gasteiger partial charge in [0.25, 0.3) is 5.91 Å². The van der Waals surface area contributed by atoms with Gasteiger partial charge in [-0.05, 0) is 61.4 Å². The van der Waals surface area contributed by atoms with Gasteiger partial charge in [-0.2, -0.15) is 4.31 Å². The highest BCUT2D eigenvalue weighted by Gasteiger charge is 2.42. The van der Waals surface area contributed by atoms with Crippen molar-refractivity contribution < 1.29 is 23.2 Å². The summed E-state index contributed by atoms with van der Waals surface area (Å²) in [6, 6.07) is 10.4. The van der Waals surface area contributed by atoms with E-state index in [1.807, 2.05) is 0 Å². The number of rotatable bonds is 8. The SMILES string of the molecule is COC1CCC([C@H](C(=O)NO)N(Cc2ccncc2)S(=O)(=O)c2ccccc2)CC1. The summed E-state index contributed by atoms with van der Waals surface area (Å²) >= 11 is 0. The maximum Gasteiger partial charge on any atom is 0.262 e. The van der Waals surface area contributed by atoms with Gasteiger partial charge in [0, 0.05) is 26.0 Å². The third kappa shape index (κ3) is 5.04. The molecule has 1 aromatic carbocycles. The number of carbonyl (C=O) groups is 1. The Labute approximate surface area is 176 Å². The van der Waals surface area contributed by atoms with E-state index in [1.165, 1.54) is 16.4 Å². The summed E-state index contributed by atoms with van der Waals surface area (Å²) in [5.74, 6) is -0.978. The number of benzene rings is 1. The molecule has 9 heteroatoms. The van der Waals surface area contributed by atoms with Crippen LogP contribution in [0.25, 0.3) is 0 Å². The summed E-state index contributed by atoms with van der Waals surface area (Å²) in [5.41, 5.74) is 2.39. The van der Waals surface area contributed by atoms with E-state index in [4.69, 9.17) is 4.74 Å². The van der Waals surface area contributed by atoms with Crippen molar-refractivity contribution in [3.05, 3.63) is 60.4 Å². The van der Waals surface area contributed by atoms with Gasteiger partial charge in [-0.15, -0.1) is 0 Å². The summed E-state index contributed by atoms with van der Waals surface area (Å²) < 4.78 is 33.8. The average Bonchev–Trinajstić information content (AvgIpc) is 2.80. The molecule has 8 nitrogen and oxygen atoms in total. The van der Waals surface area contributed by atoms with E-state index in [0.717, 1.165) is 12.8 Å². The highest BCUT2D eigenvalue weighted by molar-refractivity contribution is 7.89. The summed E-state index contributed by atoms with van der Waals surface area (Å²) in [6.07, 6.45) is 5.94. The number of hydroxylamine groups is 1. The van der Waals surface area contributed by atoms with Crippen molar-refractivity contribution in [2.24, 2.45) is 5.92 Å². The zero-order valence-corrected chi connectivity index (χ0v) is 17.7. The molecule has 0 aliphatic heterocycles. The minimum atomic E-state index is -4.01. The van der Waals surface area contributed by atoms with Crippen LogP contribution in [0.3, 0.4) is 0 Å². The number of hydrogen-bond donors (Lipinski definition) is 2. The lowest BCUT2D eigenvalue weighted by atomic mass is 9.82. The first-order valence-electron chi connectivity index (χ1n) is 9.90. The molecule has 0 spiro atoms. The second-order valence-corrected chi connectivity index (χ2v) is 9.30. The zero-order chi connectivity index (χ0) is 21.6. The highest BCUT2D eigenvalue weighted by Crippen LogP contribution is 2.34. The first-order valence-corrected chi connectivity index (χ1v) is 11.3. The Morgan fingerprint density at radius 1 is 1.17 bits per heavy atom. The van der Waals surface area contributed by atoms with E-state index in [1.54, 1.807) is 55.3 Å². The standard InChI is InChI=1S/C21H27N3O5S/c1-29-18-9-7-17(8-10-18)20(21(25)23-26)24(15-16-11-13-22-14-12-16)30(27,28)19-5-3-2-4-6-19/h2-6,11-14,17-18,20,26H,7-10,15H2,1H3,(H,23,25)/t17?,18?,20-/m1/s1. The largest absolute Gasteiger partial charge is 0.381 e. The van der Waals surface area contributed by atoms with Gasteiger partial charge >= 0.3 is 0 Å². The Hall–Kier alpha value is -2.33. The van der Waals surface area contributed by atoms with E-state index in [2.05, 4.69) is 4.98 Å². The molecule has 1 heterocycles. The van der Waals surface area contributed by atoms with Crippen molar-refractivity contribution >= 4 is 15.9 Å². The molecule has 0 unspecified atom stereocenters. The van der Waals surface area contributed by atoms with E-state index in [-0.39, 0.29) is 23.5 Å². The fourth-order valence-electron chi connectivity index (χ4n) is 4.02. The van der Waals surface area contributed by atoms with Gasteiger partial charge in [0.15, 0.2) is 0 Å². The minimum absolute atomic E-state index is 0.0119. The molecule has 1 saturated carbocycles. The van der Waals surface area contributed by atoms with Crippen LogP contribution in [-0.4, -0.2) is 48.1 Å². The van der Waals surface area contributed by atoms with Gasteiger partial charge in [0.1, 0.15) is 6.04 Å². The molecule has 30 heavy (non-hydrogen) atoms. The Morgan fingerprint density at radius 3 is 2.37 bits per heavy atom. The van der Waals surface area contributed by atoms with Crippen molar-refractivity contribution in [1.82, 2.24) is 14.8 Å². The number of carbonyl (C=O) groups excluding carboxylic acids is 1. The molecule has 1 atom stereocenters. The number of nitrogens with zero attached hydrogens (tertiary/aromatic N) is 2. The topological polar surface area (TPSA) is 109 Å². The Bertz CT molecular complexity index is 916. The summed E-state index contributed by atoms with van der Waals surface area (Å²) in [5, 5.41) is 9.43. The molecule has 1 aromatic heterocycles. The number of hydrogen-bond acceptors (Lipinski definition) is 6. The second-order valence-electron chi connectivity index (χ2n) is 7.41. The van der Waals surface area contributed by atoms with Crippen LogP contribution in [-0.2, 0) is 26.1 Å². The van der Waals surface area contributed by atoms with E-state index in [9.17, 15) is 18.4 Å². The summed E-state index contributed by atoms with van der Waals surface area (Å²) in [4.78, 5) is 16.8. The molecular weight excluding hydrogens is 406 g/mol. The molecule has 1 amide bonds. The number of sulfonamides is 1. The summed E-state index contributed by atoms with van der Waals surface area (Å²) in [7, 11) is -2.36. The Morgan fingerprint density at radius 2 is 1.80 bits per heavy atom. The third-order valence-electron chi connectivity index (χ3n) is 5.63. The van der Waals surface area contributed by atoms with Crippen LogP contribution in [0.4, 0.5) is 0 Å². The molecule has 0 saturated heterocycles. The predicted molar refractivity (Wildman–Crippen MR) is 110 cm³/mol. The van der Waals surface area contributed by atoms with Crippen molar-refractivity contribution in [3.8, 4) is 0 Å². The lowest BCUT2D eigenvalue weighted by molar-refractivity contribution is -0.136. The monoisotopic (exact) mass is 433 g/mol. The highest BCUT2D eigenvalue weighted by atomic mass is 32.2. The van der Waals surface area contributed by atoms with Crippen LogP contribution >= 0.6 is 0 Å². The molecule has 1 aliphatic carbocycles. The van der Waals surface area contributed by atoms with Gasteiger partial charge in [0.05, 0.1) is 11.0 Å². The van der Waals surface area contributed by atoms with Gasteiger partial charge in [-0.25, -0.2) is 13.9 Å². The fourth-order valence-corrected chi connectivity index (χ4v) is 5.67. The van der Waals surface area contributed by atoms with E-state index in [0.29, 0.717) is 18.4 Å². The van der Waals surface area contributed by atoms with Crippen molar-refractivity contribution in [2.75, 3.05) is 7.11 Å². The number of ether oxygens (including phenoxy) is 1. The molecule has 162 valence electrons. The number of aromatic nitrogens is 1. The fraction of sp³-hybridized carbons (Fsp3) is 0.429. The van der Waals surface area contributed by atoms with E-state index >= 15 is 0 Å². The van der Waals surface area contributed by atoms with Crippen molar-refractivity contribution in [2.45, 2.75) is 49.3 Å². The first kappa shape index (κ1) is 22.4. The third-order valence-corrected chi connectivity index (χ3v) is 7.47. The molecule has 1 fully saturated rings. The maximum atomic E-state index is 13.6. The zero-order valence-electron chi connectivity index (χ0n) is 16.8. The van der Waals surface area contributed by atoms with E-state index < -0.39 is 22.0 Å². The lowest BCUT2D eigenvalue weighted by Gasteiger charge is -2.38. The number of pyridine rings is 1. The Balaban J connectivity index is 2.02. The lowest BCUT2D eigenvalue weighted by Crippen LogP contribution is -2.53. The van der Waals surface area contributed by atoms with Crippen LogP contribution in [0, 0.1) is 5.92 Å². The average molecular weight is 434 g/mol. The number of methoxy groups -OCH3 is 1. The van der Waals surface area contributed by atoms with Crippen molar-refractivity contribution in [1.29, 1.82) is 0 Å². The predicted octanol–water partition coefficient (Wildman–Crippen LogP) is 2.35. The van der Waals surface area contributed by atoms with Crippen LogP contribution < -0.4 is 5.48 Å². The maximum absolute atomic E-state index is 13.6. The number of amides is 1. The Kier molecular flexibility index (Phi) is 7.54. The molecule has 0 bridgehead atoms. The molecule has 0 radical (unpaired) electrons. The molecule has 3 rings (SSSR count). The van der Waals surface area contributed by atoms with Gasteiger partial charge in [0.2, 0.25) is 10.0 Å². The first-order chi connectivity index (χ1) is 14.5. The number of nitrogens with one attached hydrogen (secondary N) is 1. The molecule has 1 aliphatic rings. The quantitative estimate of drug-likeness (QED) is 0.489. The van der Waals surface area contributed by atoms with Gasteiger partial charge in [-0.3, -0.25) is 15.0 Å². The smallest absolute Gasteiger partial charge is 0.262 e. The molecular formula is C21H27N3O5S. The second kappa shape index (κ2) is 10.1. The molecule has 2 aromatic rings. The minimum Gasteiger partial charge on any atom is -0.381 e.